The Bertz CT molecular complexity index is 214. The number of hydrogen-bond acceptors (Lipinski definition) is 3. The van der Waals surface area contributed by atoms with Crippen LogP contribution in [0.25, 0.3) is 0 Å². The number of hydrogen-bond donors (Lipinski definition) is 0. The van der Waals surface area contributed by atoms with E-state index in [1.807, 2.05) is 0 Å². The van der Waals surface area contributed by atoms with Crippen molar-refractivity contribution in [2.45, 2.75) is 7.43 Å². The molecule has 1 heterocycles. The number of thiophene rings is 1. The minimum absolute atomic E-state index is 0. The van der Waals surface area contributed by atoms with Crippen molar-refractivity contribution in [3.63, 3.8) is 0 Å². The van der Waals surface area contributed by atoms with E-state index >= 15 is 0 Å². The van der Waals surface area contributed by atoms with E-state index in [1.54, 1.807) is 17.5 Å². The minimum Gasteiger partial charge on any atom is -0.294 e. The number of aldehydes is 1. The molecule has 0 spiro atoms. The molecular formula is C7H8O2S. The first-order valence-electron chi connectivity index (χ1n) is 2.37. The van der Waals surface area contributed by atoms with Crippen molar-refractivity contribution in [1.29, 1.82) is 0 Å². The highest BCUT2D eigenvalue weighted by atomic mass is 32.1. The van der Waals surface area contributed by atoms with Crippen LogP contribution < -0.4 is 0 Å². The van der Waals surface area contributed by atoms with Gasteiger partial charge in [0, 0.05) is 0 Å². The minimum atomic E-state index is -0.440. The molecule has 0 unspecified atom stereocenters. The first-order valence-corrected chi connectivity index (χ1v) is 3.25. The smallest absolute Gasteiger partial charge is 0.235 e. The fraction of sp³-hybridized carbons (Fsp3) is 0.143. The van der Waals surface area contributed by atoms with Crippen molar-refractivity contribution in [1.82, 2.24) is 0 Å². The van der Waals surface area contributed by atoms with Gasteiger partial charge in [-0.2, -0.15) is 0 Å². The van der Waals surface area contributed by atoms with Crippen LogP contribution in [0.3, 0.4) is 0 Å². The summed E-state index contributed by atoms with van der Waals surface area (Å²) in [4.78, 5) is 20.9. The van der Waals surface area contributed by atoms with Crippen LogP contribution in [0.15, 0.2) is 17.5 Å². The Morgan fingerprint density at radius 2 is 2.30 bits per heavy atom. The van der Waals surface area contributed by atoms with E-state index in [4.69, 9.17) is 0 Å². The van der Waals surface area contributed by atoms with Gasteiger partial charge in [0.2, 0.25) is 5.78 Å². The molecule has 0 radical (unpaired) electrons. The Kier molecular flexibility index (Phi) is 3.57. The third kappa shape index (κ3) is 1.77. The molecule has 1 rings (SSSR count). The van der Waals surface area contributed by atoms with Crippen LogP contribution in [0.1, 0.15) is 17.1 Å². The maximum absolute atomic E-state index is 10.5. The van der Waals surface area contributed by atoms with Gasteiger partial charge in [-0.3, -0.25) is 9.59 Å². The monoisotopic (exact) mass is 156 g/mol. The summed E-state index contributed by atoms with van der Waals surface area (Å²) >= 11 is 1.27. The maximum atomic E-state index is 10.5. The van der Waals surface area contributed by atoms with Crippen LogP contribution >= 0.6 is 11.3 Å². The Hall–Kier alpha value is -0.960. The van der Waals surface area contributed by atoms with Crippen molar-refractivity contribution < 1.29 is 9.59 Å². The molecule has 0 amide bonds. The first kappa shape index (κ1) is 9.04. The van der Waals surface area contributed by atoms with Crippen molar-refractivity contribution in [3.05, 3.63) is 22.4 Å². The van der Waals surface area contributed by atoms with Crippen molar-refractivity contribution in [2.24, 2.45) is 0 Å². The van der Waals surface area contributed by atoms with Gasteiger partial charge in [0.05, 0.1) is 4.88 Å². The summed E-state index contributed by atoms with van der Waals surface area (Å²) in [6.07, 6.45) is 0.325. The molecule has 10 heavy (non-hydrogen) atoms. The van der Waals surface area contributed by atoms with Gasteiger partial charge in [0.25, 0.3) is 0 Å². The SMILES string of the molecule is C.O=CC(=O)c1cccs1. The van der Waals surface area contributed by atoms with E-state index < -0.39 is 5.78 Å². The predicted molar refractivity (Wildman–Crippen MR) is 41.4 cm³/mol. The third-order valence-electron chi connectivity index (χ3n) is 0.871. The third-order valence-corrected chi connectivity index (χ3v) is 1.76. The Labute approximate surface area is 63.5 Å². The number of rotatable bonds is 2. The van der Waals surface area contributed by atoms with E-state index in [1.165, 1.54) is 11.3 Å². The molecule has 0 atom stereocenters. The van der Waals surface area contributed by atoms with E-state index in [9.17, 15) is 9.59 Å². The molecule has 1 aromatic heterocycles. The molecular weight excluding hydrogens is 148 g/mol. The van der Waals surface area contributed by atoms with Gasteiger partial charge in [-0.1, -0.05) is 13.5 Å². The molecule has 0 aliphatic rings. The van der Waals surface area contributed by atoms with E-state index in [0.29, 0.717) is 11.2 Å². The number of ketones is 1. The summed E-state index contributed by atoms with van der Waals surface area (Å²) in [5.74, 6) is -0.440. The second-order valence-corrected chi connectivity index (χ2v) is 2.41. The molecule has 0 aliphatic carbocycles. The van der Waals surface area contributed by atoms with Gasteiger partial charge in [-0.05, 0) is 11.4 Å². The van der Waals surface area contributed by atoms with Crippen LogP contribution in [0.4, 0.5) is 0 Å². The highest BCUT2D eigenvalue weighted by Crippen LogP contribution is 2.07. The lowest BCUT2D eigenvalue weighted by atomic mass is 10.3. The van der Waals surface area contributed by atoms with E-state index in [0.717, 1.165) is 0 Å². The summed E-state index contributed by atoms with van der Waals surface area (Å²) < 4.78 is 0. The average molecular weight is 156 g/mol. The Morgan fingerprint density at radius 1 is 1.60 bits per heavy atom. The Balaban J connectivity index is 0.000000810. The zero-order chi connectivity index (χ0) is 6.69. The van der Waals surface area contributed by atoms with Gasteiger partial charge in [0.1, 0.15) is 0 Å². The molecule has 0 aliphatic heterocycles. The molecule has 0 saturated heterocycles. The standard InChI is InChI=1S/C6H4O2S.CH4/c7-4-5(8)6-2-1-3-9-6;/h1-4H;1H4. The molecule has 0 aromatic carbocycles. The molecule has 0 saturated carbocycles. The molecule has 3 heteroatoms. The highest BCUT2D eigenvalue weighted by Gasteiger charge is 2.01. The summed E-state index contributed by atoms with van der Waals surface area (Å²) in [5.41, 5.74) is 0. The van der Waals surface area contributed by atoms with Crippen LogP contribution in [0.5, 0.6) is 0 Å². The normalized spacial score (nSPS) is 8.00. The average Bonchev–Trinajstić information content (AvgIpc) is 2.37. The molecule has 0 N–H and O–H groups in total. The maximum Gasteiger partial charge on any atom is 0.235 e. The van der Waals surface area contributed by atoms with E-state index in [-0.39, 0.29) is 7.43 Å². The lowest BCUT2D eigenvalue weighted by Gasteiger charge is -1.78. The van der Waals surface area contributed by atoms with E-state index in [2.05, 4.69) is 0 Å². The van der Waals surface area contributed by atoms with Gasteiger partial charge >= 0.3 is 0 Å². The van der Waals surface area contributed by atoms with Gasteiger partial charge in [-0.25, -0.2) is 0 Å². The lowest BCUT2D eigenvalue weighted by molar-refractivity contribution is -0.104. The number of carbonyl (C=O) groups is 2. The fourth-order valence-electron chi connectivity index (χ4n) is 0.477. The number of carbonyl (C=O) groups excluding carboxylic acids is 2. The zero-order valence-electron chi connectivity index (χ0n) is 4.53. The van der Waals surface area contributed by atoms with Gasteiger partial charge < -0.3 is 0 Å². The van der Waals surface area contributed by atoms with Crippen LogP contribution in [-0.2, 0) is 4.79 Å². The fourth-order valence-corrected chi connectivity index (χ4v) is 1.10. The van der Waals surface area contributed by atoms with Crippen LogP contribution in [0, 0.1) is 0 Å². The van der Waals surface area contributed by atoms with Crippen LogP contribution in [-0.4, -0.2) is 12.1 Å². The van der Waals surface area contributed by atoms with Gasteiger partial charge in [-0.15, -0.1) is 11.3 Å². The quantitative estimate of drug-likeness (QED) is 0.371. The summed E-state index contributed by atoms with van der Waals surface area (Å²) in [7, 11) is 0. The summed E-state index contributed by atoms with van der Waals surface area (Å²) in [6, 6.07) is 3.36. The lowest BCUT2D eigenvalue weighted by Crippen LogP contribution is -1.94. The summed E-state index contributed by atoms with van der Waals surface area (Å²) in [5, 5.41) is 1.76. The van der Waals surface area contributed by atoms with Crippen molar-refractivity contribution in [2.75, 3.05) is 0 Å². The van der Waals surface area contributed by atoms with Crippen molar-refractivity contribution >= 4 is 23.4 Å². The topological polar surface area (TPSA) is 34.1 Å². The molecule has 2 nitrogen and oxygen atoms in total. The van der Waals surface area contributed by atoms with Crippen LogP contribution in [0.2, 0.25) is 0 Å². The summed E-state index contributed by atoms with van der Waals surface area (Å²) in [6.45, 7) is 0. The predicted octanol–water partition coefficient (Wildman–Crippen LogP) is 1.77. The molecule has 54 valence electrons. The molecule has 0 fully saturated rings. The molecule has 0 bridgehead atoms. The van der Waals surface area contributed by atoms with Crippen molar-refractivity contribution in [3.8, 4) is 0 Å². The molecule has 1 aromatic rings. The second-order valence-electron chi connectivity index (χ2n) is 1.46. The largest absolute Gasteiger partial charge is 0.294 e. The van der Waals surface area contributed by atoms with Gasteiger partial charge in [0.15, 0.2) is 6.29 Å². The Morgan fingerprint density at radius 3 is 2.70 bits per heavy atom. The first-order chi connectivity index (χ1) is 4.34. The number of Topliss-reactive ketones (excluding diaryl/α,β-unsaturated/α-hetero) is 1. The highest BCUT2D eigenvalue weighted by molar-refractivity contribution is 7.12. The zero-order valence-corrected chi connectivity index (χ0v) is 5.35. The second kappa shape index (κ2) is 3.95.